The van der Waals surface area contributed by atoms with Crippen molar-refractivity contribution in [2.45, 2.75) is 0 Å². The van der Waals surface area contributed by atoms with Crippen LogP contribution in [-0.4, -0.2) is 15.0 Å². The molecule has 0 fully saturated rings. The van der Waals surface area contributed by atoms with Gasteiger partial charge in [-0.2, -0.15) is 0 Å². The van der Waals surface area contributed by atoms with Gasteiger partial charge < -0.3 is 4.42 Å². The molecule has 0 saturated heterocycles. The highest BCUT2D eigenvalue weighted by Gasteiger charge is 2.20. The van der Waals surface area contributed by atoms with Crippen molar-refractivity contribution >= 4 is 43.5 Å². The highest BCUT2D eigenvalue weighted by Crippen LogP contribution is 2.39. The van der Waals surface area contributed by atoms with E-state index in [1.54, 1.807) is 0 Å². The Morgan fingerprint density at radius 1 is 0.314 bits per heavy atom. The van der Waals surface area contributed by atoms with E-state index in [2.05, 4.69) is 152 Å². The van der Waals surface area contributed by atoms with Crippen molar-refractivity contribution in [3.63, 3.8) is 0 Å². The first-order chi connectivity index (χ1) is 25.3. The van der Waals surface area contributed by atoms with Crippen LogP contribution in [0.15, 0.2) is 180 Å². The number of furan rings is 1. The van der Waals surface area contributed by atoms with Crippen molar-refractivity contribution < 1.29 is 4.42 Å². The molecule has 8 aromatic carbocycles. The van der Waals surface area contributed by atoms with Crippen molar-refractivity contribution in [2.24, 2.45) is 0 Å². The van der Waals surface area contributed by atoms with E-state index in [0.717, 1.165) is 71.7 Å². The topological polar surface area (TPSA) is 51.8 Å². The van der Waals surface area contributed by atoms with E-state index < -0.39 is 0 Å². The number of para-hydroxylation sites is 1. The molecule has 0 aliphatic heterocycles. The van der Waals surface area contributed by atoms with Crippen LogP contribution in [0.2, 0.25) is 0 Å². The van der Waals surface area contributed by atoms with Crippen LogP contribution in [0.5, 0.6) is 0 Å². The minimum absolute atomic E-state index is 0.557. The Labute approximate surface area is 294 Å². The van der Waals surface area contributed by atoms with Gasteiger partial charge >= 0.3 is 0 Å². The van der Waals surface area contributed by atoms with Gasteiger partial charge in [0, 0.05) is 21.9 Å². The van der Waals surface area contributed by atoms with Gasteiger partial charge in [0.05, 0.1) is 5.56 Å². The SMILES string of the molecule is c1ccc(-c2ccccc2-c2nc(-c3cc(-c4ccccc4)c4ccccc4c3)nc(-c3cccc4c3oc3cc5ccccc5cc34)n2)cc1. The highest BCUT2D eigenvalue weighted by molar-refractivity contribution is 6.13. The van der Waals surface area contributed by atoms with E-state index in [1.165, 1.54) is 10.8 Å². The van der Waals surface area contributed by atoms with Crippen LogP contribution >= 0.6 is 0 Å². The number of benzene rings is 8. The summed E-state index contributed by atoms with van der Waals surface area (Å²) in [5.74, 6) is 1.75. The third-order valence-corrected chi connectivity index (χ3v) is 9.70. The van der Waals surface area contributed by atoms with Crippen LogP contribution in [0.25, 0.3) is 99.9 Å². The number of hydrogen-bond acceptors (Lipinski definition) is 4. The summed E-state index contributed by atoms with van der Waals surface area (Å²) in [6, 6.07) is 61.0. The van der Waals surface area contributed by atoms with Gasteiger partial charge in [-0.25, -0.2) is 15.0 Å². The molecule has 0 N–H and O–H groups in total. The summed E-state index contributed by atoms with van der Waals surface area (Å²) in [6.45, 7) is 0. The second-order valence-corrected chi connectivity index (χ2v) is 12.8. The van der Waals surface area contributed by atoms with Gasteiger partial charge in [-0.05, 0) is 74.1 Å². The van der Waals surface area contributed by atoms with Crippen molar-refractivity contribution in [1.82, 2.24) is 15.0 Å². The summed E-state index contributed by atoms with van der Waals surface area (Å²) in [6.07, 6.45) is 0. The molecule has 0 atom stereocenters. The van der Waals surface area contributed by atoms with Gasteiger partial charge in [0.15, 0.2) is 17.5 Å². The molecule has 238 valence electrons. The standard InChI is InChI=1S/C47H29N3O/c1-3-14-30(15-4-1)36-21-11-12-23-39(36)46-48-45(35-26-34-20-9-10-22-37(34)41(28-35)31-16-5-2-6-17-31)49-47(50-46)40-25-13-24-38-42-27-32-18-7-8-19-33(32)29-43(42)51-44(38)40/h1-29H. The van der Waals surface area contributed by atoms with E-state index in [9.17, 15) is 0 Å². The van der Waals surface area contributed by atoms with Crippen LogP contribution < -0.4 is 0 Å². The molecule has 2 heterocycles. The largest absolute Gasteiger partial charge is 0.455 e. The van der Waals surface area contributed by atoms with E-state index in [1.807, 2.05) is 24.3 Å². The molecule has 0 bridgehead atoms. The molecule has 0 aliphatic carbocycles. The molecule has 10 aromatic rings. The van der Waals surface area contributed by atoms with E-state index in [4.69, 9.17) is 19.4 Å². The van der Waals surface area contributed by atoms with Crippen LogP contribution in [0.3, 0.4) is 0 Å². The van der Waals surface area contributed by atoms with Gasteiger partial charge in [-0.1, -0.05) is 146 Å². The van der Waals surface area contributed by atoms with Gasteiger partial charge in [-0.3, -0.25) is 0 Å². The molecule has 0 spiro atoms. The summed E-state index contributed by atoms with van der Waals surface area (Å²) in [4.78, 5) is 15.7. The number of nitrogens with zero attached hydrogens (tertiary/aromatic N) is 3. The molecular weight excluding hydrogens is 623 g/mol. The summed E-state index contributed by atoms with van der Waals surface area (Å²) in [5.41, 5.74) is 8.67. The monoisotopic (exact) mass is 651 g/mol. The first-order valence-electron chi connectivity index (χ1n) is 17.1. The van der Waals surface area contributed by atoms with Crippen LogP contribution in [-0.2, 0) is 0 Å². The fraction of sp³-hybridized carbons (Fsp3) is 0. The lowest BCUT2D eigenvalue weighted by Gasteiger charge is -2.14. The molecular formula is C47H29N3O. The quantitative estimate of drug-likeness (QED) is 0.186. The fourth-order valence-electron chi connectivity index (χ4n) is 7.25. The smallest absolute Gasteiger partial charge is 0.167 e. The average molecular weight is 652 g/mol. The van der Waals surface area contributed by atoms with E-state index in [0.29, 0.717) is 17.5 Å². The number of hydrogen-bond donors (Lipinski definition) is 0. The Hall–Kier alpha value is -6.91. The second kappa shape index (κ2) is 11.9. The lowest BCUT2D eigenvalue weighted by molar-refractivity contribution is 0.670. The molecule has 4 heteroatoms. The Bertz CT molecular complexity index is 2910. The Kier molecular flexibility index (Phi) is 6.78. The van der Waals surface area contributed by atoms with Gasteiger partial charge in [0.2, 0.25) is 0 Å². The highest BCUT2D eigenvalue weighted by atomic mass is 16.3. The predicted octanol–water partition coefficient (Wildman–Crippen LogP) is 12.4. The van der Waals surface area contributed by atoms with E-state index in [-0.39, 0.29) is 0 Å². The predicted molar refractivity (Wildman–Crippen MR) is 209 cm³/mol. The molecule has 4 nitrogen and oxygen atoms in total. The molecule has 0 saturated carbocycles. The number of rotatable bonds is 5. The first-order valence-corrected chi connectivity index (χ1v) is 17.1. The van der Waals surface area contributed by atoms with Gasteiger partial charge in [0.1, 0.15) is 11.2 Å². The van der Waals surface area contributed by atoms with Gasteiger partial charge in [0.25, 0.3) is 0 Å². The molecule has 2 aromatic heterocycles. The minimum Gasteiger partial charge on any atom is -0.455 e. The van der Waals surface area contributed by atoms with Gasteiger partial charge in [-0.15, -0.1) is 0 Å². The zero-order valence-corrected chi connectivity index (χ0v) is 27.5. The molecule has 10 rings (SSSR count). The van der Waals surface area contributed by atoms with Crippen LogP contribution in [0.1, 0.15) is 0 Å². The molecule has 0 amide bonds. The summed E-state index contributed by atoms with van der Waals surface area (Å²) < 4.78 is 6.66. The zero-order chi connectivity index (χ0) is 33.7. The third kappa shape index (κ3) is 5.04. The maximum atomic E-state index is 6.66. The normalized spacial score (nSPS) is 11.5. The van der Waals surface area contributed by atoms with Crippen molar-refractivity contribution in [1.29, 1.82) is 0 Å². The maximum Gasteiger partial charge on any atom is 0.167 e. The Balaban J connectivity index is 1.25. The Morgan fingerprint density at radius 3 is 1.63 bits per heavy atom. The maximum absolute atomic E-state index is 6.66. The minimum atomic E-state index is 0.557. The summed E-state index contributed by atoms with van der Waals surface area (Å²) in [5, 5.41) is 6.70. The van der Waals surface area contributed by atoms with Crippen molar-refractivity contribution in [3.8, 4) is 56.4 Å². The molecule has 0 radical (unpaired) electrons. The lowest BCUT2D eigenvalue weighted by Crippen LogP contribution is -2.01. The second-order valence-electron chi connectivity index (χ2n) is 12.8. The third-order valence-electron chi connectivity index (χ3n) is 9.70. The van der Waals surface area contributed by atoms with Crippen molar-refractivity contribution in [2.75, 3.05) is 0 Å². The van der Waals surface area contributed by atoms with Crippen LogP contribution in [0.4, 0.5) is 0 Å². The lowest BCUT2D eigenvalue weighted by atomic mass is 9.95. The molecule has 51 heavy (non-hydrogen) atoms. The van der Waals surface area contributed by atoms with E-state index >= 15 is 0 Å². The first kappa shape index (κ1) is 29.0. The summed E-state index contributed by atoms with van der Waals surface area (Å²) >= 11 is 0. The van der Waals surface area contributed by atoms with Crippen molar-refractivity contribution in [3.05, 3.63) is 176 Å². The zero-order valence-electron chi connectivity index (χ0n) is 27.5. The Morgan fingerprint density at radius 2 is 0.863 bits per heavy atom. The fourth-order valence-corrected chi connectivity index (χ4v) is 7.25. The number of fused-ring (bicyclic) bond motifs is 5. The summed E-state index contributed by atoms with van der Waals surface area (Å²) in [7, 11) is 0. The molecule has 0 aliphatic rings. The van der Waals surface area contributed by atoms with Crippen LogP contribution in [0, 0.1) is 0 Å². The molecule has 0 unspecified atom stereocenters. The average Bonchev–Trinajstić information content (AvgIpc) is 3.57. The number of aromatic nitrogens is 3.